The van der Waals surface area contributed by atoms with Crippen LogP contribution in [0.2, 0.25) is 0 Å². The zero-order valence-corrected chi connectivity index (χ0v) is 6.98. The van der Waals surface area contributed by atoms with Crippen molar-refractivity contribution in [2.75, 3.05) is 6.54 Å². The molecule has 10 heavy (non-hydrogen) atoms. The maximum atomic E-state index is 10.7. The Kier molecular flexibility index (Phi) is 4.99. The summed E-state index contributed by atoms with van der Waals surface area (Å²) in [4.78, 5) is 10.7. The first-order valence-electron chi connectivity index (χ1n) is 3.77. The molecule has 0 aromatic heterocycles. The largest absolute Gasteiger partial charge is 0.356 e. The van der Waals surface area contributed by atoms with Gasteiger partial charge in [-0.15, -0.1) is 0 Å². The highest BCUT2D eigenvalue weighted by atomic mass is 16.1. The number of amides is 1. The van der Waals surface area contributed by atoms with Crippen LogP contribution in [0.4, 0.5) is 0 Å². The van der Waals surface area contributed by atoms with Gasteiger partial charge in [0.1, 0.15) is 0 Å². The van der Waals surface area contributed by atoms with E-state index in [1.165, 1.54) is 0 Å². The van der Waals surface area contributed by atoms with Crippen LogP contribution in [0.15, 0.2) is 0 Å². The van der Waals surface area contributed by atoms with Crippen molar-refractivity contribution in [3.8, 4) is 0 Å². The minimum atomic E-state index is 0.0281. The van der Waals surface area contributed by atoms with Gasteiger partial charge in [0.05, 0.1) is 0 Å². The molecule has 2 nitrogen and oxygen atoms in total. The normalized spacial score (nSPS) is 12.7. The number of carbonyl (C=O) groups is 1. The van der Waals surface area contributed by atoms with Gasteiger partial charge in [-0.3, -0.25) is 4.79 Å². The number of nitrogens with one attached hydrogen (secondary N) is 1. The topological polar surface area (TPSA) is 29.1 Å². The maximum absolute atomic E-state index is 10.7. The zero-order chi connectivity index (χ0) is 7.98. The summed E-state index contributed by atoms with van der Waals surface area (Å²) in [5, 5.41) is 2.79. The SMILES string of the molecule is C[CH]C(=O)NCC(C)CC. The number of hydrogen-bond acceptors (Lipinski definition) is 1. The van der Waals surface area contributed by atoms with Gasteiger partial charge >= 0.3 is 0 Å². The van der Waals surface area contributed by atoms with Gasteiger partial charge < -0.3 is 5.32 Å². The molecule has 0 aromatic rings. The Labute approximate surface area is 63.0 Å². The van der Waals surface area contributed by atoms with Crippen LogP contribution < -0.4 is 5.32 Å². The number of hydrogen-bond donors (Lipinski definition) is 1. The van der Waals surface area contributed by atoms with E-state index in [0.29, 0.717) is 5.92 Å². The fourth-order valence-corrected chi connectivity index (χ4v) is 0.521. The molecule has 1 amide bonds. The van der Waals surface area contributed by atoms with Crippen LogP contribution in [0.1, 0.15) is 27.2 Å². The molecule has 0 fully saturated rings. The Hall–Kier alpha value is -0.530. The number of rotatable bonds is 4. The maximum Gasteiger partial charge on any atom is 0.223 e. The van der Waals surface area contributed by atoms with Gasteiger partial charge in [-0.25, -0.2) is 0 Å². The van der Waals surface area contributed by atoms with Crippen LogP contribution in [-0.2, 0) is 4.79 Å². The van der Waals surface area contributed by atoms with Gasteiger partial charge in [0.2, 0.25) is 5.91 Å². The molecule has 0 bridgehead atoms. The van der Waals surface area contributed by atoms with Crippen LogP contribution in [0.5, 0.6) is 0 Å². The molecule has 59 valence electrons. The molecule has 0 aliphatic rings. The third-order valence-electron chi connectivity index (χ3n) is 1.58. The minimum absolute atomic E-state index is 0.0281. The first-order chi connectivity index (χ1) is 4.70. The average molecular weight is 142 g/mol. The van der Waals surface area contributed by atoms with Gasteiger partial charge in [-0.2, -0.15) is 0 Å². The standard InChI is InChI=1S/C8H16NO/c1-4-7(3)6-9-8(10)5-2/h5,7H,4,6H2,1-3H3,(H,9,10). The van der Waals surface area contributed by atoms with E-state index in [9.17, 15) is 4.79 Å². The van der Waals surface area contributed by atoms with Gasteiger partial charge in [0, 0.05) is 13.0 Å². The van der Waals surface area contributed by atoms with Crippen LogP contribution in [0, 0.1) is 12.3 Å². The molecule has 1 atom stereocenters. The molecule has 0 aromatic carbocycles. The van der Waals surface area contributed by atoms with Crippen LogP contribution in [0.3, 0.4) is 0 Å². The molecule has 0 aliphatic heterocycles. The van der Waals surface area contributed by atoms with Crippen molar-refractivity contribution in [1.29, 1.82) is 0 Å². The summed E-state index contributed by atoms with van der Waals surface area (Å²) >= 11 is 0. The van der Waals surface area contributed by atoms with Gasteiger partial charge in [0.25, 0.3) is 0 Å². The summed E-state index contributed by atoms with van der Waals surface area (Å²) in [5.41, 5.74) is 0. The van der Waals surface area contributed by atoms with E-state index < -0.39 is 0 Å². The van der Waals surface area contributed by atoms with Crippen molar-refractivity contribution < 1.29 is 4.79 Å². The molecule has 0 heterocycles. The number of carbonyl (C=O) groups excluding carboxylic acids is 1. The predicted octanol–water partition coefficient (Wildman–Crippen LogP) is 1.37. The average Bonchev–Trinajstić information content (AvgIpc) is 1.99. The Balaban J connectivity index is 3.26. The lowest BCUT2D eigenvalue weighted by Gasteiger charge is -2.08. The lowest BCUT2D eigenvalue weighted by molar-refractivity contribution is -0.117. The highest BCUT2D eigenvalue weighted by Crippen LogP contribution is 1.96. The molecule has 0 saturated heterocycles. The van der Waals surface area contributed by atoms with Crippen LogP contribution >= 0.6 is 0 Å². The summed E-state index contributed by atoms with van der Waals surface area (Å²) in [5.74, 6) is 0.615. The smallest absolute Gasteiger partial charge is 0.223 e. The molecule has 2 heteroatoms. The Morgan fingerprint density at radius 1 is 1.70 bits per heavy atom. The molecule has 1 unspecified atom stereocenters. The predicted molar refractivity (Wildman–Crippen MR) is 42.4 cm³/mol. The van der Waals surface area contributed by atoms with E-state index in [1.807, 2.05) is 0 Å². The summed E-state index contributed by atoms with van der Waals surface area (Å²) in [6.07, 6.45) is 2.66. The second-order valence-electron chi connectivity index (χ2n) is 2.55. The lowest BCUT2D eigenvalue weighted by atomic mass is 10.1. The van der Waals surface area contributed by atoms with E-state index in [-0.39, 0.29) is 5.91 Å². The van der Waals surface area contributed by atoms with E-state index in [2.05, 4.69) is 19.2 Å². The Bertz CT molecular complexity index is 101. The first-order valence-corrected chi connectivity index (χ1v) is 3.77. The highest BCUT2D eigenvalue weighted by molar-refractivity contribution is 5.83. The van der Waals surface area contributed by atoms with Crippen LogP contribution in [0.25, 0.3) is 0 Å². The summed E-state index contributed by atoms with van der Waals surface area (Å²) in [6.45, 7) is 6.77. The molecule has 0 rings (SSSR count). The van der Waals surface area contributed by atoms with Gasteiger partial charge in [-0.1, -0.05) is 27.2 Å². The summed E-state index contributed by atoms with van der Waals surface area (Å²) in [6, 6.07) is 0. The third-order valence-corrected chi connectivity index (χ3v) is 1.58. The highest BCUT2D eigenvalue weighted by Gasteiger charge is 2.00. The molecule has 0 spiro atoms. The van der Waals surface area contributed by atoms with E-state index in [1.54, 1.807) is 13.3 Å². The summed E-state index contributed by atoms with van der Waals surface area (Å²) in [7, 11) is 0. The van der Waals surface area contributed by atoms with Crippen molar-refractivity contribution in [3.63, 3.8) is 0 Å². The minimum Gasteiger partial charge on any atom is -0.356 e. The van der Waals surface area contributed by atoms with Crippen LogP contribution in [-0.4, -0.2) is 12.5 Å². The second kappa shape index (κ2) is 5.27. The van der Waals surface area contributed by atoms with Crippen molar-refractivity contribution in [2.45, 2.75) is 27.2 Å². The molecular weight excluding hydrogens is 126 g/mol. The fraction of sp³-hybridized carbons (Fsp3) is 0.750. The van der Waals surface area contributed by atoms with Crippen molar-refractivity contribution in [3.05, 3.63) is 6.42 Å². The molecule has 1 N–H and O–H groups in total. The van der Waals surface area contributed by atoms with E-state index in [0.717, 1.165) is 13.0 Å². The van der Waals surface area contributed by atoms with E-state index in [4.69, 9.17) is 0 Å². The molecule has 0 saturated carbocycles. The summed E-state index contributed by atoms with van der Waals surface area (Å²) < 4.78 is 0. The van der Waals surface area contributed by atoms with Crippen molar-refractivity contribution in [2.24, 2.45) is 5.92 Å². The molecule has 0 aliphatic carbocycles. The quantitative estimate of drug-likeness (QED) is 0.631. The van der Waals surface area contributed by atoms with Crippen molar-refractivity contribution >= 4 is 5.91 Å². The Morgan fingerprint density at radius 2 is 2.30 bits per heavy atom. The molecular formula is C8H16NO. The lowest BCUT2D eigenvalue weighted by Crippen LogP contribution is -2.27. The van der Waals surface area contributed by atoms with Gasteiger partial charge in [0.15, 0.2) is 0 Å². The van der Waals surface area contributed by atoms with Crippen molar-refractivity contribution in [1.82, 2.24) is 5.32 Å². The van der Waals surface area contributed by atoms with E-state index >= 15 is 0 Å². The molecule has 1 radical (unpaired) electrons. The first kappa shape index (κ1) is 9.47. The third kappa shape index (κ3) is 4.36. The Morgan fingerprint density at radius 3 is 2.70 bits per heavy atom. The second-order valence-corrected chi connectivity index (χ2v) is 2.55. The zero-order valence-electron chi connectivity index (χ0n) is 6.98. The van der Waals surface area contributed by atoms with Gasteiger partial charge in [-0.05, 0) is 5.92 Å². The fourth-order valence-electron chi connectivity index (χ4n) is 0.521. The monoisotopic (exact) mass is 142 g/mol.